The van der Waals surface area contributed by atoms with Crippen molar-refractivity contribution in [1.29, 1.82) is 0 Å². The first-order valence-electron chi connectivity index (χ1n) is 5.89. The summed E-state index contributed by atoms with van der Waals surface area (Å²) in [5.74, 6) is 0. The monoisotopic (exact) mass is 309 g/mol. The number of thiophene rings is 1. The Kier molecular flexibility index (Phi) is 3.20. The number of hydrogen-bond acceptors (Lipinski definition) is 3. The summed E-state index contributed by atoms with van der Waals surface area (Å²) >= 11 is 13.0. The van der Waals surface area contributed by atoms with Crippen LogP contribution in [0.3, 0.4) is 0 Å². The van der Waals surface area contributed by atoms with Crippen molar-refractivity contribution in [1.82, 2.24) is 14.5 Å². The minimum atomic E-state index is 0.119. The maximum absolute atomic E-state index is 6.01. The first-order valence-corrected chi connectivity index (χ1v) is 7.49. The summed E-state index contributed by atoms with van der Waals surface area (Å²) in [6, 6.07) is 6.04. The molecule has 0 fully saturated rings. The summed E-state index contributed by atoms with van der Waals surface area (Å²) in [4.78, 5) is 8.86. The van der Waals surface area contributed by atoms with E-state index in [1.165, 1.54) is 4.88 Å². The number of halogens is 1. The first-order chi connectivity index (χ1) is 9.08. The highest BCUT2D eigenvalue weighted by molar-refractivity contribution is 7.71. The molecular formula is C13H12ClN3S2. The van der Waals surface area contributed by atoms with E-state index in [-0.39, 0.29) is 6.04 Å². The molecule has 1 atom stereocenters. The molecule has 0 aliphatic carbocycles. The normalized spacial score (nSPS) is 13.0. The zero-order chi connectivity index (χ0) is 13.6. The molecule has 6 heteroatoms. The molecule has 3 aromatic rings. The predicted octanol–water partition coefficient (Wildman–Crippen LogP) is 4.73. The summed E-state index contributed by atoms with van der Waals surface area (Å²) in [6.45, 7) is 4.15. The third-order valence-electron chi connectivity index (χ3n) is 3.21. The molecule has 19 heavy (non-hydrogen) atoms. The number of nitrogens with zero attached hydrogens (tertiary/aromatic N) is 2. The zero-order valence-electron chi connectivity index (χ0n) is 10.5. The average Bonchev–Trinajstić information content (AvgIpc) is 2.93. The molecule has 3 heterocycles. The second-order valence-corrected chi connectivity index (χ2v) is 6.58. The van der Waals surface area contributed by atoms with Crippen LogP contribution in [0, 0.1) is 11.7 Å². The van der Waals surface area contributed by atoms with Gasteiger partial charge >= 0.3 is 0 Å². The Morgan fingerprint density at radius 1 is 1.42 bits per heavy atom. The van der Waals surface area contributed by atoms with E-state index < -0.39 is 0 Å². The van der Waals surface area contributed by atoms with Crippen LogP contribution in [-0.4, -0.2) is 14.5 Å². The summed E-state index contributed by atoms with van der Waals surface area (Å²) in [5.41, 5.74) is 3.04. The van der Waals surface area contributed by atoms with Crippen molar-refractivity contribution in [3.05, 3.63) is 43.9 Å². The molecule has 1 N–H and O–H groups in total. The van der Waals surface area contributed by atoms with Gasteiger partial charge in [0.25, 0.3) is 0 Å². The van der Waals surface area contributed by atoms with Crippen LogP contribution in [0.25, 0.3) is 11.2 Å². The van der Waals surface area contributed by atoms with Crippen LogP contribution < -0.4 is 0 Å². The Hall–Kier alpha value is -1.17. The van der Waals surface area contributed by atoms with Crippen LogP contribution in [-0.2, 0) is 0 Å². The average molecular weight is 310 g/mol. The fraction of sp³-hybridized carbons (Fsp3) is 0.231. The number of hydrogen-bond donors (Lipinski definition) is 1. The van der Waals surface area contributed by atoms with Crippen LogP contribution >= 0.6 is 35.2 Å². The minimum Gasteiger partial charge on any atom is -0.329 e. The van der Waals surface area contributed by atoms with E-state index in [9.17, 15) is 0 Å². The Balaban J connectivity index is 2.23. The number of aryl methyl sites for hydroxylation is 1. The molecule has 3 aromatic heterocycles. The lowest BCUT2D eigenvalue weighted by atomic mass is 10.2. The van der Waals surface area contributed by atoms with Crippen LogP contribution in [0.4, 0.5) is 0 Å². The molecule has 0 spiro atoms. The van der Waals surface area contributed by atoms with Crippen molar-refractivity contribution in [2.75, 3.05) is 0 Å². The number of imidazole rings is 1. The molecule has 0 radical (unpaired) electrons. The van der Waals surface area contributed by atoms with Crippen molar-refractivity contribution in [2.45, 2.75) is 19.9 Å². The van der Waals surface area contributed by atoms with Crippen LogP contribution in [0.2, 0.25) is 4.34 Å². The van der Waals surface area contributed by atoms with Crippen molar-refractivity contribution in [3.8, 4) is 0 Å². The van der Waals surface area contributed by atoms with Crippen molar-refractivity contribution >= 4 is 46.3 Å². The van der Waals surface area contributed by atoms with Crippen LogP contribution in [0.15, 0.2) is 24.4 Å². The zero-order valence-corrected chi connectivity index (χ0v) is 12.9. The van der Waals surface area contributed by atoms with Gasteiger partial charge in [0.1, 0.15) is 0 Å². The lowest BCUT2D eigenvalue weighted by Crippen LogP contribution is -2.05. The Morgan fingerprint density at radius 3 is 2.89 bits per heavy atom. The molecule has 0 amide bonds. The van der Waals surface area contributed by atoms with E-state index in [0.717, 1.165) is 21.1 Å². The second kappa shape index (κ2) is 4.74. The van der Waals surface area contributed by atoms with Gasteiger partial charge in [-0.3, -0.25) is 4.57 Å². The van der Waals surface area contributed by atoms with Gasteiger partial charge in [-0.05, 0) is 49.8 Å². The van der Waals surface area contributed by atoms with Gasteiger partial charge in [0.15, 0.2) is 10.4 Å². The summed E-state index contributed by atoms with van der Waals surface area (Å²) in [5, 5.41) is 0. The highest BCUT2D eigenvalue weighted by atomic mass is 35.5. The Morgan fingerprint density at radius 2 is 2.21 bits per heavy atom. The number of H-pyrrole nitrogens is 1. The number of nitrogens with one attached hydrogen (secondary N) is 1. The van der Waals surface area contributed by atoms with Crippen molar-refractivity contribution in [2.24, 2.45) is 0 Å². The third-order valence-corrected chi connectivity index (χ3v) is 4.91. The molecule has 3 rings (SSSR count). The molecule has 0 bridgehead atoms. The van der Waals surface area contributed by atoms with Gasteiger partial charge in [0.05, 0.1) is 15.9 Å². The summed E-state index contributed by atoms with van der Waals surface area (Å²) in [6.07, 6.45) is 1.81. The molecule has 0 saturated carbocycles. The smallest absolute Gasteiger partial charge is 0.179 e. The second-order valence-electron chi connectivity index (χ2n) is 4.44. The number of aromatic amines is 1. The quantitative estimate of drug-likeness (QED) is 0.694. The lowest BCUT2D eigenvalue weighted by molar-refractivity contribution is 0.655. The standard InChI is InChI=1S/C13H12ClN3S2/c1-7-5-6-15-12-11(7)16-13(18)17(12)8(2)9-3-4-10(14)19-9/h3-6,8H,1-2H3,(H,16,18). The van der Waals surface area contributed by atoms with E-state index in [2.05, 4.69) is 16.9 Å². The van der Waals surface area contributed by atoms with Crippen molar-refractivity contribution in [3.63, 3.8) is 0 Å². The molecule has 0 saturated heterocycles. The van der Waals surface area contributed by atoms with E-state index in [1.54, 1.807) is 11.3 Å². The van der Waals surface area contributed by atoms with E-state index in [1.807, 2.05) is 35.9 Å². The molecule has 98 valence electrons. The lowest BCUT2D eigenvalue weighted by Gasteiger charge is -2.12. The Bertz CT molecular complexity index is 800. The molecule has 0 aromatic carbocycles. The highest BCUT2D eigenvalue weighted by Crippen LogP contribution is 2.31. The van der Waals surface area contributed by atoms with E-state index in [4.69, 9.17) is 23.8 Å². The Labute approximate surface area is 124 Å². The van der Waals surface area contributed by atoms with Gasteiger partial charge < -0.3 is 4.98 Å². The maximum atomic E-state index is 6.01. The largest absolute Gasteiger partial charge is 0.329 e. The molecule has 3 nitrogen and oxygen atoms in total. The number of aromatic nitrogens is 3. The number of pyridine rings is 1. The molecule has 1 unspecified atom stereocenters. The van der Waals surface area contributed by atoms with Gasteiger partial charge in [-0.1, -0.05) is 11.6 Å². The number of fused-ring (bicyclic) bond motifs is 1. The van der Waals surface area contributed by atoms with E-state index in [0.29, 0.717) is 4.77 Å². The molecule has 0 aliphatic heterocycles. The maximum Gasteiger partial charge on any atom is 0.179 e. The summed E-state index contributed by atoms with van der Waals surface area (Å²) in [7, 11) is 0. The predicted molar refractivity (Wildman–Crippen MR) is 82.8 cm³/mol. The van der Waals surface area contributed by atoms with Crippen molar-refractivity contribution < 1.29 is 0 Å². The fourth-order valence-electron chi connectivity index (χ4n) is 2.18. The fourth-order valence-corrected chi connectivity index (χ4v) is 3.63. The molecular weight excluding hydrogens is 298 g/mol. The molecule has 0 aliphatic rings. The topological polar surface area (TPSA) is 33.6 Å². The van der Waals surface area contributed by atoms with Crippen LogP contribution in [0.1, 0.15) is 23.4 Å². The highest BCUT2D eigenvalue weighted by Gasteiger charge is 2.16. The minimum absolute atomic E-state index is 0.119. The van der Waals surface area contributed by atoms with Gasteiger partial charge in [-0.25, -0.2) is 4.98 Å². The van der Waals surface area contributed by atoms with Gasteiger partial charge in [-0.15, -0.1) is 11.3 Å². The van der Waals surface area contributed by atoms with Gasteiger partial charge in [-0.2, -0.15) is 0 Å². The van der Waals surface area contributed by atoms with Gasteiger partial charge in [0, 0.05) is 11.1 Å². The van der Waals surface area contributed by atoms with Crippen LogP contribution in [0.5, 0.6) is 0 Å². The number of rotatable bonds is 2. The SMILES string of the molecule is Cc1ccnc2c1[nH]c(=S)n2C(C)c1ccc(Cl)s1. The third kappa shape index (κ3) is 2.12. The van der Waals surface area contributed by atoms with Gasteiger partial charge in [0.2, 0.25) is 0 Å². The summed E-state index contributed by atoms with van der Waals surface area (Å²) < 4.78 is 3.52. The first kappa shape index (κ1) is 12.8. The van der Waals surface area contributed by atoms with E-state index >= 15 is 0 Å².